The Balaban J connectivity index is 2.18. The highest BCUT2D eigenvalue weighted by Gasteiger charge is 2.17. The summed E-state index contributed by atoms with van der Waals surface area (Å²) in [5, 5.41) is 8.48. The minimum absolute atomic E-state index is 0.325. The van der Waals surface area contributed by atoms with E-state index in [1.54, 1.807) is 0 Å². The monoisotopic (exact) mass is 211 g/mol. The molecule has 0 aliphatic heterocycles. The molecule has 1 heterocycles. The Morgan fingerprint density at radius 2 is 1.93 bits per heavy atom. The van der Waals surface area contributed by atoms with Crippen LogP contribution in [0.25, 0.3) is 0 Å². The first-order valence-corrected chi connectivity index (χ1v) is 5.44. The number of rotatable bonds is 1. The highest BCUT2D eigenvalue weighted by atomic mass is 35.5. The van der Waals surface area contributed by atoms with Crippen molar-refractivity contribution in [1.82, 2.24) is 10.2 Å². The van der Waals surface area contributed by atoms with Crippen LogP contribution in [0.1, 0.15) is 43.7 Å². The van der Waals surface area contributed by atoms with Crippen LogP contribution in [-0.4, -0.2) is 10.2 Å². The van der Waals surface area contributed by atoms with Gasteiger partial charge in [-0.2, -0.15) is 5.10 Å². The van der Waals surface area contributed by atoms with Crippen LogP contribution in [-0.2, 0) is 0 Å². The van der Waals surface area contributed by atoms with Gasteiger partial charge in [-0.3, -0.25) is 0 Å². The summed E-state index contributed by atoms with van der Waals surface area (Å²) in [6.07, 6.45) is 6.32. The van der Waals surface area contributed by atoms with Crippen LogP contribution in [0.2, 0.25) is 5.02 Å². The standard InChI is InChI=1S/C10H14ClN3/c11-8-6-9(13-14-10(8)12)7-4-2-1-3-5-7/h6-7H,1-5H2,(H2,12,14). The molecule has 0 atom stereocenters. The number of anilines is 1. The number of halogens is 1. The molecule has 3 nitrogen and oxygen atoms in total. The van der Waals surface area contributed by atoms with Gasteiger partial charge in [-0.25, -0.2) is 0 Å². The van der Waals surface area contributed by atoms with Crippen LogP contribution >= 0.6 is 11.6 Å². The number of nitrogens with two attached hydrogens (primary N) is 1. The molecular formula is C10H14ClN3. The third kappa shape index (κ3) is 1.98. The van der Waals surface area contributed by atoms with Crippen LogP contribution in [0, 0.1) is 0 Å². The fourth-order valence-electron chi connectivity index (χ4n) is 1.99. The third-order valence-corrected chi connectivity index (χ3v) is 3.12. The van der Waals surface area contributed by atoms with Crippen molar-refractivity contribution >= 4 is 17.4 Å². The summed E-state index contributed by atoms with van der Waals surface area (Å²) < 4.78 is 0. The van der Waals surface area contributed by atoms with Crippen molar-refractivity contribution in [2.75, 3.05) is 5.73 Å². The smallest absolute Gasteiger partial charge is 0.164 e. The molecular weight excluding hydrogens is 198 g/mol. The molecule has 14 heavy (non-hydrogen) atoms. The average molecular weight is 212 g/mol. The number of nitrogen functional groups attached to an aromatic ring is 1. The van der Waals surface area contributed by atoms with E-state index in [2.05, 4.69) is 10.2 Å². The van der Waals surface area contributed by atoms with Gasteiger partial charge in [0.15, 0.2) is 5.82 Å². The van der Waals surface area contributed by atoms with E-state index in [4.69, 9.17) is 17.3 Å². The van der Waals surface area contributed by atoms with Gasteiger partial charge in [-0.1, -0.05) is 30.9 Å². The molecule has 4 heteroatoms. The Hall–Kier alpha value is -0.830. The molecule has 2 rings (SSSR count). The number of hydrogen-bond donors (Lipinski definition) is 1. The Bertz CT molecular complexity index is 321. The van der Waals surface area contributed by atoms with E-state index in [9.17, 15) is 0 Å². The second-order valence-electron chi connectivity index (χ2n) is 3.84. The van der Waals surface area contributed by atoms with E-state index in [1.807, 2.05) is 6.07 Å². The highest BCUT2D eigenvalue weighted by molar-refractivity contribution is 6.32. The van der Waals surface area contributed by atoms with E-state index in [0.717, 1.165) is 5.69 Å². The van der Waals surface area contributed by atoms with Crippen LogP contribution < -0.4 is 5.73 Å². The van der Waals surface area contributed by atoms with Crippen molar-refractivity contribution in [3.05, 3.63) is 16.8 Å². The molecule has 76 valence electrons. The predicted molar refractivity (Wildman–Crippen MR) is 57.3 cm³/mol. The first-order chi connectivity index (χ1) is 6.77. The molecule has 0 aromatic carbocycles. The van der Waals surface area contributed by atoms with Crippen molar-refractivity contribution < 1.29 is 0 Å². The first-order valence-electron chi connectivity index (χ1n) is 5.06. The summed E-state index contributed by atoms with van der Waals surface area (Å²) >= 11 is 5.91. The summed E-state index contributed by atoms with van der Waals surface area (Å²) in [5.74, 6) is 0.862. The van der Waals surface area contributed by atoms with E-state index in [1.165, 1.54) is 32.1 Å². The largest absolute Gasteiger partial charge is 0.381 e. The Morgan fingerprint density at radius 3 is 2.57 bits per heavy atom. The number of hydrogen-bond acceptors (Lipinski definition) is 3. The van der Waals surface area contributed by atoms with Crippen LogP contribution in [0.5, 0.6) is 0 Å². The summed E-state index contributed by atoms with van der Waals surface area (Å²) in [5.41, 5.74) is 6.52. The van der Waals surface area contributed by atoms with Gasteiger partial charge in [-0.15, -0.1) is 5.10 Å². The van der Waals surface area contributed by atoms with Gasteiger partial charge in [0.25, 0.3) is 0 Å². The van der Waals surface area contributed by atoms with Gasteiger partial charge >= 0.3 is 0 Å². The summed E-state index contributed by atoms with van der Waals surface area (Å²) in [6.45, 7) is 0. The normalized spacial score (nSPS) is 18.4. The average Bonchev–Trinajstić information content (AvgIpc) is 2.23. The molecule has 0 radical (unpaired) electrons. The molecule has 0 bridgehead atoms. The molecule has 0 saturated heterocycles. The van der Waals surface area contributed by atoms with Gasteiger partial charge in [0, 0.05) is 5.92 Å². The van der Waals surface area contributed by atoms with Crippen molar-refractivity contribution in [3.8, 4) is 0 Å². The molecule has 0 spiro atoms. The van der Waals surface area contributed by atoms with Gasteiger partial charge in [-0.05, 0) is 18.9 Å². The maximum absolute atomic E-state index is 5.91. The quantitative estimate of drug-likeness (QED) is 0.777. The summed E-state index contributed by atoms with van der Waals surface area (Å²) in [7, 11) is 0. The van der Waals surface area contributed by atoms with E-state index in [-0.39, 0.29) is 0 Å². The Morgan fingerprint density at radius 1 is 1.21 bits per heavy atom. The molecule has 2 N–H and O–H groups in total. The molecule has 1 aromatic heterocycles. The van der Waals surface area contributed by atoms with Gasteiger partial charge in [0.2, 0.25) is 0 Å². The van der Waals surface area contributed by atoms with E-state index >= 15 is 0 Å². The maximum atomic E-state index is 5.91. The van der Waals surface area contributed by atoms with Crippen molar-refractivity contribution in [2.24, 2.45) is 0 Å². The Kier molecular flexibility index (Phi) is 2.87. The minimum atomic E-state index is 0.325. The lowest BCUT2D eigenvalue weighted by Gasteiger charge is -2.20. The number of aromatic nitrogens is 2. The first kappa shape index (κ1) is 9.71. The number of nitrogens with zero attached hydrogens (tertiary/aromatic N) is 2. The summed E-state index contributed by atoms with van der Waals surface area (Å²) in [4.78, 5) is 0. The lowest BCUT2D eigenvalue weighted by molar-refractivity contribution is 0.434. The van der Waals surface area contributed by atoms with Gasteiger partial charge in [0.05, 0.1) is 10.7 Å². The van der Waals surface area contributed by atoms with Crippen LogP contribution in [0.15, 0.2) is 6.07 Å². The molecule has 0 amide bonds. The minimum Gasteiger partial charge on any atom is -0.381 e. The zero-order chi connectivity index (χ0) is 9.97. The van der Waals surface area contributed by atoms with Crippen LogP contribution in [0.3, 0.4) is 0 Å². The fraction of sp³-hybridized carbons (Fsp3) is 0.600. The van der Waals surface area contributed by atoms with Crippen molar-refractivity contribution in [3.63, 3.8) is 0 Å². The zero-order valence-electron chi connectivity index (χ0n) is 8.04. The Labute approximate surface area is 88.7 Å². The van der Waals surface area contributed by atoms with Crippen molar-refractivity contribution in [2.45, 2.75) is 38.0 Å². The van der Waals surface area contributed by atoms with Gasteiger partial charge in [0.1, 0.15) is 0 Å². The highest BCUT2D eigenvalue weighted by Crippen LogP contribution is 2.32. The molecule has 1 aliphatic carbocycles. The predicted octanol–water partition coefficient (Wildman–Crippen LogP) is 2.76. The molecule has 1 saturated carbocycles. The summed E-state index contributed by atoms with van der Waals surface area (Å²) in [6, 6.07) is 1.86. The second-order valence-corrected chi connectivity index (χ2v) is 4.24. The second kappa shape index (κ2) is 4.13. The van der Waals surface area contributed by atoms with E-state index < -0.39 is 0 Å². The molecule has 1 aromatic rings. The lowest BCUT2D eigenvalue weighted by atomic mass is 9.87. The zero-order valence-corrected chi connectivity index (χ0v) is 8.80. The fourth-order valence-corrected chi connectivity index (χ4v) is 2.14. The van der Waals surface area contributed by atoms with Crippen LogP contribution in [0.4, 0.5) is 5.82 Å². The lowest BCUT2D eigenvalue weighted by Crippen LogP contribution is -2.08. The van der Waals surface area contributed by atoms with Gasteiger partial charge < -0.3 is 5.73 Å². The molecule has 0 unspecified atom stereocenters. The third-order valence-electron chi connectivity index (χ3n) is 2.82. The molecule has 1 aliphatic rings. The molecule has 1 fully saturated rings. The SMILES string of the molecule is Nc1nnc(C2CCCCC2)cc1Cl. The maximum Gasteiger partial charge on any atom is 0.164 e. The van der Waals surface area contributed by atoms with E-state index in [0.29, 0.717) is 16.8 Å². The van der Waals surface area contributed by atoms with Crippen molar-refractivity contribution in [1.29, 1.82) is 0 Å². The topological polar surface area (TPSA) is 51.8 Å².